The Kier molecular flexibility index (Phi) is 2.82. The van der Waals surface area contributed by atoms with Crippen molar-refractivity contribution >= 4 is 0 Å². The summed E-state index contributed by atoms with van der Waals surface area (Å²) in [7, 11) is 0. The summed E-state index contributed by atoms with van der Waals surface area (Å²) >= 11 is 0. The van der Waals surface area contributed by atoms with Gasteiger partial charge in [-0.1, -0.05) is 12.1 Å². The van der Waals surface area contributed by atoms with Crippen molar-refractivity contribution in [3.05, 3.63) is 41.1 Å². The van der Waals surface area contributed by atoms with Crippen molar-refractivity contribution in [2.45, 2.75) is 19.1 Å². The molecule has 0 aliphatic carbocycles. The highest BCUT2D eigenvalue weighted by Gasteiger charge is 2.31. The zero-order chi connectivity index (χ0) is 13.5. The molecule has 6 heteroatoms. The number of benzene rings is 1. The van der Waals surface area contributed by atoms with E-state index in [1.807, 2.05) is 0 Å². The van der Waals surface area contributed by atoms with E-state index < -0.39 is 11.7 Å². The third-order valence-corrected chi connectivity index (χ3v) is 3.27. The smallest absolute Gasteiger partial charge is 0.312 e. The number of aromatic amines is 1. The van der Waals surface area contributed by atoms with Crippen molar-refractivity contribution in [1.29, 1.82) is 0 Å². The molecular weight excluding hydrogens is 255 g/mol. The predicted molar refractivity (Wildman–Crippen MR) is 64.4 cm³/mol. The fraction of sp³-hybridized carbons (Fsp3) is 0.308. The van der Waals surface area contributed by atoms with Crippen LogP contribution >= 0.6 is 0 Å². The second kappa shape index (κ2) is 4.38. The summed E-state index contributed by atoms with van der Waals surface area (Å²) in [6.07, 6.45) is -3.51. The molecule has 0 saturated carbocycles. The zero-order valence-electron chi connectivity index (χ0n) is 10.0. The largest absolute Gasteiger partial charge is 0.416 e. The normalized spacial score (nSPS) is 15.3. The maximum Gasteiger partial charge on any atom is 0.416 e. The number of rotatable bonds is 1. The third kappa shape index (κ3) is 2.23. The average Bonchev–Trinajstić information content (AvgIpc) is 2.82. The molecule has 2 aromatic rings. The summed E-state index contributed by atoms with van der Waals surface area (Å²) in [5, 5.41) is 10.3. The maximum absolute atomic E-state index is 12.7. The van der Waals surface area contributed by atoms with Gasteiger partial charge in [0, 0.05) is 36.3 Å². The molecule has 0 bridgehead atoms. The summed E-state index contributed by atoms with van der Waals surface area (Å²) in [5.74, 6) is 0. The lowest BCUT2D eigenvalue weighted by Crippen LogP contribution is -2.23. The van der Waals surface area contributed by atoms with Crippen LogP contribution in [0.2, 0.25) is 0 Å². The molecule has 0 unspecified atom stereocenters. The predicted octanol–water partition coefficient (Wildman–Crippen LogP) is 2.74. The number of aromatic nitrogens is 2. The van der Waals surface area contributed by atoms with Crippen molar-refractivity contribution in [2.75, 3.05) is 6.54 Å². The van der Waals surface area contributed by atoms with Gasteiger partial charge in [0.2, 0.25) is 0 Å². The molecular formula is C13H12F3N3. The van der Waals surface area contributed by atoms with Gasteiger partial charge in [0.25, 0.3) is 0 Å². The van der Waals surface area contributed by atoms with Gasteiger partial charge in [-0.25, -0.2) is 0 Å². The monoisotopic (exact) mass is 267 g/mol. The van der Waals surface area contributed by atoms with Gasteiger partial charge < -0.3 is 5.32 Å². The Morgan fingerprint density at radius 1 is 1.21 bits per heavy atom. The fourth-order valence-electron chi connectivity index (χ4n) is 2.31. The van der Waals surface area contributed by atoms with Gasteiger partial charge in [-0.05, 0) is 12.1 Å². The van der Waals surface area contributed by atoms with Gasteiger partial charge in [0.15, 0.2) is 0 Å². The van der Waals surface area contributed by atoms with E-state index in [4.69, 9.17) is 0 Å². The van der Waals surface area contributed by atoms with Gasteiger partial charge in [0.05, 0.1) is 11.3 Å². The quantitative estimate of drug-likeness (QED) is 0.834. The second-order valence-corrected chi connectivity index (χ2v) is 4.53. The van der Waals surface area contributed by atoms with Gasteiger partial charge in [-0.3, -0.25) is 5.10 Å². The van der Waals surface area contributed by atoms with Crippen LogP contribution < -0.4 is 5.32 Å². The summed E-state index contributed by atoms with van der Waals surface area (Å²) in [6, 6.07) is 5.28. The molecule has 1 aliphatic heterocycles. The zero-order valence-corrected chi connectivity index (χ0v) is 10.0. The molecule has 1 aliphatic rings. The van der Waals surface area contributed by atoms with E-state index in [-0.39, 0.29) is 0 Å². The van der Waals surface area contributed by atoms with E-state index in [9.17, 15) is 13.2 Å². The third-order valence-electron chi connectivity index (χ3n) is 3.27. The first-order valence-electron chi connectivity index (χ1n) is 6.00. The first kappa shape index (κ1) is 12.2. The first-order valence-corrected chi connectivity index (χ1v) is 6.00. The molecule has 19 heavy (non-hydrogen) atoms. The summed E-state index contributed by atoms with van der Waals surface area (Å²) < 4.78 is 38.1. The number of halogens is 3. The topological polar surface area (TPSA) is 40.7 Å². The molecule has 1 aromatic heterocycles. The molecule has 3 nitrogen and oxygen atoms in total. The number of nitrogens with one attached hydrogen (secondary N) is 2. The molecule has 0 spiro atoms. The van der Waals surface area contributed by atoms with E-state index in [0.717, 1.165) is 36.4 Å². The molecule has 0 radical (unpaired) electrons. The molecule has 100 valence electrons. The molecule has 0 fully saturated rings. The van der Waals surface area contributed by atoms with Crippen LogP contribution in [0.3, 0.4) is 0 Å². The Morgan fingerprint density at radius 2 is 2.05 bits per heavy atom. The van der Waals surface area contributed by atoms with E-state index in [1.165, 1.54) is 6.07 Å². The Morgan fingerprint density at radius 3 is 2.84 bits per heavy atom. The van der Waals surface area contributed by atoms with Crippen LogP contribution in [-0.4, -0.2) is 16.7 Å². The van der Waals surface area contributed by atoms with Crippen LogP contribution in [0.25, 0.3) is 11.3 Å². The molecule has 3 rings (SSSR count). The van der Waals surface area contributed by atoms with E-state index >= 15 is 0 Å². The summed E-state index contributed by atoms with van der Waals surface area (Å²) in [5.41, 5.74) is 2.42. The fourth-order valence-corrected chi connectivity index (χ4v) is 2.31. The van der Waals surface area contributed by atoms with E-state index in [1.54, 1.807) is 6.07 Å². The van der Waals surface area contributed by atoms with Crippen molar-refractivity contribution in [3.63, 3.8) is 0 Å². The van der Waals surface area contributed by atoms with Crippen molar-refractivity contribution in [2.24, 2.45) is 0 Å². The first-order chi connectivity index (χ1) is 9.05. The van der Waals surface area contributed by atoms with Crippen LogP contribution in [-0.2, 0) is 19.1 Å². The standard InChI is InChI=1S/C13H12F3N3/c14-13(15,16)9-3-1-2-8(6-9)12-10-7-17-5-4-11(10)18-19-12/h1-3,6,17H,4-5,7H2,(H,18,19). The molecule has 0 saturated heterocycles. The van der Waals surface area contributed by atoms with Crippen LogP contribution in [0, 0.1) is 0 Å². The number of fused-ring (bicyclic) bond motifs is 1. The molecule has 2 heterocycles. The number of nitrogens with zero attached hydrogens (tertiary/aromatic N) is 1. The van der Waals surface area contributed by atoms with Gasteiger partial charge in [-0.2, -0.15) is 18.3 Å². The molecule has 0 atom stereocenters. The lowest BCUT2D eigenvalue weighted by Gasteiger charge is -2.13. The summed E-state index contributed by atoms with van der Waals surface area (Å²) in [6.45, 7) is 1.49. The minimum Gasteiger partial charge on any atom is -0.312 e. The second-order valence-electron chi connectivity index (χ2n) is 4.53. The van der Waals surface area contributed by atoms with Gasteiger partial charge >= 0.3 is 6.18 Å². The maximum atomic E-state index is 12.7. The minimum absolute atomic E-state index is 0.496. The molecule has 1 aromatic carbocycles. The number of hydrogen-bond acceptors (Lipinski definition) is 2. The van der Waals surface area contributed by atoms with Crippen molar-refractivity contribution in [3.8, 4) is 11.3 Å². The number of alkyl halides is 3. The highest BCUT2D eigenvalue weighted by Crippen LogP contribution is 2.33. The highest BCUT2D eigenvalue weighted by atomic mass is 19.4. The van der Waals surface area contributed by atoms with Crippen molar-refractivity contribution < 1.29 is 13.2 Å². The number of hydrogen-bond donors (Lipinski definition) is 2. The van der Waals surface area contributed by atoms with E-state index in [2.05, 4.69) is 15.5 Å². The Bertz CT molecular complexity index is 601. The Hall–Kier alpha value is -1.82. The number of H-pyrrole nitrogens is 1. The Labute approximate surface area is 107 Å². The minimum atomic E-state index is -4.33. The highest BCUT2D eigenvalue weighted by molar-refractivity contribution is 5.65. The molecule has 2 N–H and O–H groups in total. The van der Waals surface area contributed by atoms with Crippen molar-refractivity contribution in [1.82, 2.24) is 15.5 Å². The van der Waals surface area contributed by atoms with Gasteiger partial charge in [0.1, 0.15) is 0 Å². The SMILES string of the molecule is FC(F)(F)c1cccc(-c2n[nH]c3c2CNCC3)c1. The van der Waals surface area contributed by atoms with Crippen LogP contribution in [0.15, 0.2) is 24.3 Å². The summed E-state index contributed by atoms with van der Waals surface area (Å²) in [4.78, 5) is 0. The van der Waals surface area contributed by atoms with Crippen LogP contribution in [0.1, 0.15) is 16.8 Å². The van der Waals surface area contributed by atoms with Crippen LogP contribution in [0.4, 0.5) is 13.2 Å². The lowest BCUT2D eigenvalue weighted by molar-refractivity contribution is -0.137. The molecule has 0 amide bonds. The van der Waals surface area contributed by atoms with Gasteiger partial charge in [-0.15, -0.1) is 0 Å². The lowest BCUT2D eigenvalue weighted by atomic mass is 10.0. The average molecular weight is 267 g/mol. The van der Waals surface area contributed by atoms with E-state index in [0.29, 0.717) is 17.8 Å². The van der Waals surface area contributed by atoms with Crippen LogP contribution in [0.5, 0.6) is 0 Å². The Balaban J connectivity index is 2.05.